The summed E-state index contributed by atoms with van der Waals surface area (Å²) < 4.78 is 13.5. The van der Waals surface area contributed by atoms with Crippen molar-refractivity contribution in [1.29, 1.82) is 0 Å². The molecule has 8 heteroatoms. The Morgan fingerprint density at radius 2 is 1.90 bits per heavy atom. The Hall–Kier alpha value is -2.42. The molecule has 0 atom stereocenters. The highest BCUT2D eigenvalue weighted by Crippen LogP contribution is 2.21. The van der Waals surface area contributed by atoms with Crippen LogP contribution >= 0.6 is 23.1 Å². The number of thiazole rings is 1. The van der Waals surface area contributed by atoms with Crippen molar-refractivity contribution in [1.82, 2.24) is 4.57 Å². The molecule has 0 N–H and O–H groups in total. The number of fused-ring (bicyclic) bond motifs is 1. The number of hydrogen-bond acceptors (Lipinski definition) is 6. The first-order valence-corrected chi connectivity index (χ1v) is 12.1. The third kappa shape index (κ3) is 6.53. The molecule has 2 aromatic carbocycles. The Kier molecular flexibility index (Phi) is 8.87. The molecular weight excluding hydrogens is 432 g/mol. The van der Waals surface area contributed by atoms with Crippen molar-refractivity contribution < 1.29 is 19.1 Å². The number of aromatic nitrogens is 1. The standard InChI is InChI=1S/C23H26N2O4S2/c1-3-28-14-13-25-19-11-10-17(22(27)29-4-2)16-20(19)31-23(25)24-21(26)12-15-30-18-8-6-5-7-9-18/h5-11,16H,3-4,12-15H2,1-2H3. The maximum absolute atomic E-state index is 12.5. The summed E-state index contributed by atoms with van der Waals surface area (Å²) in [4.78, 5) is 30.7. The number of nitrogens with zero attached hydrogens (tertiary/aromatic N) is 2. The molecule has 1 heterocycles. The molecule has 1 amide bonds. The zero-order valence-corrected chi connectivity index (χ0v) is 19.3. The fourth-order valence-corrected chi connectivity index (χ4v) is 4.93. The topological polar surface area (TPSA) is 69.9 Å². The van der Waals surface area contributed by atoms with Gasteiger partial charge in [0.2, 0.25) is 5.91 Å². The predicted molar refractivity (Wildman–Crippen MR) is 125 cm³/mol. The Labute approximate surface area is 189 Å². The van der Waals surface area contributed by atoms with E-state index in [1.165, 1.54) is 11.3 Å². The smallest absolute Gasteiger partial charge is 0.338 e. The van der Waals surface area contributed by atoms with E-state index in [1.54, 1.807) is 30.8 Å². The van der Waals surface area contributed by atoms with Gasteiger partial charge in [-0.25, -0.2) is 4.79 Å². The quantitative estimate of drug-likeness (QED) is 0.254. The van der Waals surface area contributed by atoms with Crippen LogP contribution in [0.25, 0.3) is 10.2 Å². The van der Waals surface area contributed by atoms with E-state index in [2.05, 4.69) is 4.99 Å². The van der Waals surface area contributed by atoms with Gasteiger partial charge in [0.1, 0.15) is 0 Å². The maximum atomic E-state index is 12.5. The molecule has 0 bridgehead atoms. The number of benzene rings is 2. The van der Waals surface area contributed by atoms with Crippen LogP contribution < -0.4 is 4.80 Å². The molecule has 0 unspecified atom stereocenters. The van der Waals surface area contributed by atoms with Gasteiger partial charge in [-0.3, -0.25) is 4.79 Å². The molecule has 31 heavy (non-hydrogen) atoms. The van der Waals surface area contributed by atoms with E-state index < -0.39 is 0 Å². The van der Waals surface area contributed by atoms with Crippen LogP contribution in [-0.4, -0.2) is 42.0 Å². The molecule has 0 aliphatic heterocycles. The summed E-state index contributed by atoms with van der Waals surface area (Å²) in [5.74, 6) is 0.153. The molecule has 164 valence electrons. The first kappa shape index (κ1) is 23.2. The first-order chi connectivity index (χ1) is 15.1. The van der Waals surface area contributed by atoms with Gasteiger partial charge in [-0.05, 0) is 44.2 Å². The average molecular weight is 459 g/mol. The Morgan fingerprint density at radius 3 is 2.65 bits per heavy atom. The largest absolute Gasteiger partial charge is 0.462 e. The van der Waals surface area contributed by atoms with E-state index in [0.717, 1.165) is 15.1 Å². The lowest BCUT2D eigenvalue weighted by Crippen LogP contribution is -2.19. The van der Waals surface area contributed by atoms with Crippen molar-refractivity contribution in [2.24, 2.45) is 4.99 Å². The molecule has 0 spiro atoms. The minimum absolute atomic E-state index is 0.161. The molecule has 0 aliphatic carbocycles. The van der Waals surface area contributed by atoms with Crippen LogP contribution in [0.2, 0.25) is 0 Å². The Balaban J connectivity index is 1.82. The van der Waals surface area contributed by atoms with Crippen molar-refractivity contribution in [2.45, 2.75) is 31.7 Å². The van der Waals surface area contributed by atoms with Gasteiger partial charge in [0.15, 0.2) is 4.80 Å². The fraction of sp³-hybridized carbons (Fsp3) is 0.348. The molecule has 0 fully saturated rings. The van der Waals surface area contributed by atoms with Crippen LogP contribution in [0.5, 0.6) is 0 Å². The summed E-state index contributed by atoms with van der Waals surface area (Å²) in [5, 5.41) is 0. The number of thioether (sulfide) groups is 1. The van der Waals surface area contributed by atoms with E-state index in [9.17, 15) is 9.59 Å². The van der Waals surface area contributed by atoms with E-state index >= 15 is 0 Å². The number of amides is 1. The van der Waals surface area contributed by atoms with E-state index in [4.69, 9.17) is 9.47 Å². The summed E-state index contributed by atoms with van der Waals surface area (Å²) in [5.41, 5.74) is 1.41. The van der Waals surface area contributed by atoms with E-state index in [0.29, 0.717) is 48.9 Å². The summed E-state index contributed by atoms with van der Waals surface area (Å²) >= 11 is 3.03. The number of carbonyl (C=O) groups is 2. The Morgan fingerprint density at radius 1 is 1.10 bits per heavy atom. The third-order valence-electron chi connectivity index (χ3n) is 4.41. The highest BCUT2D eigenvalue weighted by Gasteiger charge is 2.12. The molecule has 0 saturated carbocycles. The van der Waals surface area contributed by atoms with Crippen molar-refractivity contribution in [3.05, 3.63) is 58.9 Å². The van der Waals surface area contributed by atoms with Crippen molar-refractivity contribution in [3.63, 3.8) is 0 Å². The molecule has 1 aromatic heterocycles. The first-order valence-electron chi connectivity index (χ1n) is 10.3. The number of esters is 1. The summed E-state index contributed by atoms with van der Waals surface area (Å²) in [6, 6.07) is 15.4. The maximum Gasteiger partial charge on any atom is 0.338 e. The Bertz CT molecular complexity index is 1090. The fourth-order valence-electron chi connectivity index (χ4n) is 2.95. The summed E-state index contributed by atoms with van der Waals surface area (Å²) in [7, 11) is 0. The van der Waals surface area contributed by atoms with Crippen LogP contribution in [-0.2, 0) is 20.8 Å². The van der Waals surface area contributed by atoms with Crippen molar-refractivity contribution in [3.8, 4) is 0 Å². The van der Waals surface area contributed by atoms with Gasteiger partial charge in [-0.2, -0.15) is 4.99 Å². The lowest BCUT2D eigenvalue weighted by Gasteiger charge is -2.06. The van der Waals surface area contributed by atoms with Crippen LogP contribution in [0.3, 0.4) is 0 Å². The molecule has 0 saturated heterocycles. The van der Waals surface area contributed by atoms with Crippen LogP contribution in [0.15, 0.2) is 58.4 Å². The molecular formula is C23H26N2O4S2. The van der Waals surface area contributed by atoms with Gasteiger partial charge >= 0.3 is 5.97 Å². The van der Waals surface area contributed by atoms with E-state index in [-0.39, 0.29) is 11.9 Å². The normalized spacial score (nSPS) is 11.7. The summed E-state index contributed by atoms with van der Waals surface area (Å²) in [6.07, 6.45) is 0.355. The second-order valence-corrected chi connectivity index (χ2v) is 8.73. The van der Waals surface area contributed by atoms with Crippen molar-refractivity contribution in [2.75, 3.05) is 25.6 Å². The average Bonchev–Trinajstić information content (AvgIpc) is 3.11. The van der Waals surface area contributed by atoms with Crippen LogP contribution in [0.1, 0.15) is 30.6 Å². The van der Waals surface area contributed by atoms with Gasteiger partial charge in [0.25, 0.3) is 0 Å². The molecule has 0 aliphatic rings. The lowest BCUT2D eigenvalue weighted by molar-refractivity contribution is -0.117. The van der Waals surface area contributed by atoms with Crippen LogP contribution in [0, 0.1) is 0 Å². The van der Waals surface area contributed by atoms with Gasteiger partial charge in [-0.1, -0.05) is 29.5 Å². The van der Waals surface area contributed by atoms with E-state index in [1.807, 2.05) is 47.9 Å². The van der Waals surface area contributed by atoms with Gasteiger partial charge in [0, 0.05) is 30.2 Å². The number of carbonyl (C=O) groups excluding carboxylic acids is 2. The highest BCUT2D eigenvalue weighted by molar-refractivity contribution is 7.99. The third-order valence-corrected chi connectivity index (χ3v) is 6.46. The number of rotatable bonds is 10. The lowest BCUT2D eigenvalue weighted by atomic mass is 10.2. The van der Waals surface area contributed by atoms with Gasteiger partial charge in [0.05, 0.1) is 29.0 Å². The molecule has 3 aromatic rings. The molecule has 6 nitrogen and oxygen atoms in total. The SMILES string of the molecule is CCOCCn1c(=NC(=O)CCSc2ccccc2)sc2cc(C(=O)OCC)ccc21. The molecule has 3 rings (SSSR count). The highest BCUT2D eigenvalue weighted by atomic mass is 32.2. The van der Waals surface area contributed by atoms with Crippen molar-refractivity contribution >= 4 is 45.2 Å². The van der Waals surface area contributed by atoms with Gasteiger partial charge in [-0.15, -0.1) is 11.8 Å². The molecule has 0 radical (unpaired) electrons. The van der Waals surface area contributed by atoms with Gasteiger partial charge < -0.3 is 14.0 Å². The number of ether oxygens (including phenoxy) is 2. The predicted octanol–water partition coefficient (Wildman–Crippen LogP) is 4.53. The minimum Gasteiger partial charge on any atom is -0.462 e. The summed E-state index contributed by atoms with van der Waals surface area (Å²) in [6.45, 7) is 5.78. The second kappa shape index (κ2) is 11.8. The zero-order valence-electron chi connectivity index (χ0n) is 17.7. The monoisotopic (exact) mass is 458 g/mol. The number of hydrogen-bond donors (Lipinski definition) is 0. The van der Waals surface area contributed by atoms with Crippen LogP contribution in [0.4, 0.5) is 0 Å². The second-order valence-electron chi connectivity index (χ2n) is 6.55. The minimum atomic E-state index is -0.355. The zero-order chi connectivity index (χ0) is 22.1.